The van der Waals surface area contributed by atoms with Gasteiger partial charge in [0.2, 0.25) is 0 Å². The second-order valence-electron chi connectivity index (χ2n) is 8.46. The highest BCUT2D eigenvalue weighted by atomic mass is 16.5. The van der Waals surface area contributed by atoms with Gasteiger partial charge in [-0.3, -0.25) is 4.90 Å². The van der Waals surface area contributed by atoms with Gasteiger partial charge in [-0.05, 0) is 35.9 Å². The zero-order chi connectivity index (χ0) is 26.8. The molecule has 5 rings (SSSR count). The number of ether oxygens (including phenoxy) is 4. The molecule has 2 heterocycles. The van der Waals surface area contributed by atoms with E-state index in [1.165, 1.54) is 19.1 Å². The van der Waals surface area contributed by atoms with Gasteiger partial charge in [-0.25, -0.2) is 9.59 Å². The van der Waals surface area contributed by atoms with Gasteiger partial charge in [0, 0.05) is 11.3 Å². The molecule has 1 unspecified atom stereocenters. The third kappa shape index (κ3) is 4.08. The molecule has 0 radical (unpaired) electrons. The molecule has 190 valence electrons. The number of methoxy groups -OCH3 is 2. The number of benzene rings is 3. The van der Waals surface area contributed by atoms with E-state index in [4.69, 9.17) is 24.7 Å². The molecule has 0 aliphatic carbocycles. The molecule has 3 aromatic rings. The average Bonchev–Trinajstić information content (AvgIpc) is 3.15. The maximum absolute atomic E-state index is 13.3. The van der Waals surface area contributed by atoms with Gasteiger partial charge in [-0.2, -0.15) is 5.26 Å². The lowest BCUT2D eigenvalue weighted by molar-refractivity contribution is -0.139. The van der Waals surface area contributed by atoms with Crippen LogP contribution in [0.2, 0.25) is 0 Å². The highest BCUT2D eigenvalue weighted by Gasteiger charge is 2.43. The van der Waals surface area contributed by atoms with Crippen LogP contribution in [0.4, 0.5) is 5.69 Å². The van der Waals surface area contributed by atoms with Crippen LogP contribution in [0.5, 0.6) is 17.2 Å². The third-order valence-electron chi connectivity index (χ3n) is 6.36. The van der Waals surface area contributed by atoms with E-state index in [-0.39, 0.29) is 29.3 Å². The summed E-state index contributed by atoms with van der Waals surface area (Å²) in [6.45, 7) is 0.177. The second kappa shape index (κ2) is 10.0. The SMILES string of the molecule is COC(=O)C1=C(C(=O)OC)N(c2ccc3c(c2)COc2ccccc2O3)C(N)=C(C#N)C1c1ccccc1. The predicted molar refractivity (Wildman–Crippen MR) is 137 cm³/mol. The summed E-state index contributed by atoms with van der Waals surface area (Å²) in [6.07, 6.45) is 0. The van der Waals surface area contributed by atoms with Crippen molar-refractivity contribution in [2.24, 2.45) is 5.73 Å². The maximum Gasteiger partial charge on any atom is 0.355 e. The lowest BCUT2D eigenvalue weighted by Gasteiger charge is -2.36. The van der Waals surface area contributed by atoms with Crippen molar-refractivity contribution in [1.29, 1.82) is 5.26 Å². The summed E-state index contributed by atoms with van der Waals surface area (Å²) < 4.78 is 22.1. The highest BCUT2D eigenvalue weighted by molar-refractivity contribution is 6.06. The van der Waals surface area contributed by atoms with Crippen LogP contribution in [-0.2, 0) is 25.7 Å². The number of carbonyl (C=O) groups is 2. The number of carbonyl (C=O) groups excluding carboxylic acids is 2. The monoisotopic (exact) mass is 509 g/mol. The molecule has 2 aliphatic rings. The van der Waals surface area contributed by atoms with Crippen molar-refractivity contribution in [3.05, 3.63) is 107 Å². The maximum atomic E-state index is 13.3. The smallest absolute Gasteiger partial charge is 0.355 e. The average molecular weight is 510 g/mol. The van der Waals surface area contributed by atoms with Crippen molar-refractivity contribution in [3.63, 3.8) is 0 Å². The number of rotatable bonds is 4. The van der Waals surface area contributed by atoms with Gasteiger partial charge in [-0.1, -0.05) is 42.5 Å². The molecule has 2 aliphatic heterocycles. The minimum atomic E-state index is -0.944. The van der Waals surface area contributed by atoms with Crippen LogP contribution in [-0.4, -0.2) is 26.2 Å². The molecule has 9 heteroatoms. The summed E-state index contributed by atoms with van der Waals surface area (Å²) in [5, 5.41) is 10.2. The molecule has 3 aromatic carbocycles. The Kier molecular flexibility index (Phi) is 6.46. The van der Waals surface area contributed by atoms with Crippen molar-refractivity contribution in [1.82, 2.24) is 0 Å². The number of nitrogens with two attached hydrogens (primary N) is 1. The lowest BCUT2D eigenvalue weighted by Crippen LogP contribution is -2.40. The molecule has 0 aromatic heterocycles. The van der Waals surface area contributed by atoms with E-state index in [9.17, 15) is 14.9 Å². The Morgan fingerprint density at radius 1 is 0.947 bits per heavy atom. The van der Waals surface area contributed by atoms with E-state index < -0.39 is 17.9 Å². The van der Waals surface area contributed by atoms with Gasteiger partial charge in [-0.15, -0.1) is 0 Å². The lowest BCUT2D eigenvalue weighted by atomic mass is 9.81. The Morgan fingerprint density at radius 2 is 1.63 bits per heavy atom. The zero-order valence-electron chi connectivity index (χ0n) is 20.6. The van der Waals surface area contributed by atoms with Crippen LogP contribution in [0, 0.1) is 11.3 Å². The standard InChI is InChI=1S/C29H23N3O6/c1-35-28(33)25-24(17-8-4-3-5-9-17)20(15-30)27(31)32(26(25)29(34)36-2)19-12-13-21-18(14-19)16-37-22-10-6-7-11-23(22)38-21/h3-14,24H,16,31H2,1-2H3. The van der Waals surface area contributed by atoms with Crippen molar-refractivity contribution in [2.45, 2.75) is 12.5 Å². The van der Waals surface area contributed by atoms with Gasteiger partial charge in [0.1, 0.15) is 23.9 Å². The molecular weight excluding hydrogens is 486 g/mol. The summed E-state index contributed by atoms with van der Waals surface area (Å²) in [5.74, 6) is -0.866. The molecule has 2 N–H and O–H groups in total. The van der Waals surface area contributed by atoms with Gasteiger partial charge in [0.25, 0.3) is 0 Å². The van der Waals surface area contributed by atoms with Crippen LogP contribution >= 0.6 is 0 Å². The van der Waals surface area contributed by atoms with E-state index in [1.807, 2.05) is 12.1 Å². The van der Waals surface area contributed by atoms with Gasteiger partial charge in [0.05, 0.1) is 37.4 Å². The number of hydrogen-bond donors (Lipinski definition) is 1. The number of nitrogens with zero attached hydrogens (tertiary/aromatic N) is 2. The molecule has 0 fully saturated rings. The van der Waals surface area contributed by atoms with Gasteiger partial charge < -0.3 is 24.7 Å². The first-order valence-electron chi connectivity index (χ1n) is 11.7. The number of nitriles is 1. The fraction of sp³-hybridized carbons (Fsp3) is 0.138. The molecule has 0 amide bonds. The van der Waals surface area contributed by atoms with Crippen molar-refractivity contribution >= 4 is 17.6 Å². The first-order chi connectivity index (χ1) is 18.5. The van der Waals surface area contributed by atoms with Crippen molar-refractivity contribution in [3.8, 4) is 23.3 Å². The van der Waals surface area contributed by atoms with E-state index in [1.54, 1.807) is 60.7 Å². The fourth-order valence-electron chi connectivity index (χ4n) is 4.63. The van der Waals surface area contributed by atoms with Gasteiger partial charge in [0.15, 0.2) is 11.5 Å². The molecular formula is C29H23N3O6. The molecule has 0 bridgehead atoms. The third-order valence-corrected chi connectivity index (χ3v) is 6.36. The van der Waals surface area contributed by atoms with E-state index >= 15 is 0 Å². The Morgan fingerprint density at radius 3 is 2.32 bits per heavy atom. The molecule has 1 atom stereocenters. The van der Waals surface area contributed by atoms with E-state index in [0.29, 0.717) is 34.1 Å². The largest absolute Gasteiger partial charge is 0.485 e. The normalized spacial score (nSPS) is 16.2. The Hall–Kier alpha value is -5.23. The second-order valence-corrected chi connectivity index (χ2v) is 8.46. The highest BCUT2D eigenvalue weighted by Crippen LogP contribution is 2.45. The van der Waals surface area contributed by atoms with E-state index in [2.05, 4.69) is 6.07 Å². The molecule has 0 spiro atoms. The van der Waals surface area contributed by atoms with E-state index in [0.717, 1.165) is 0 Å². The summed E-state index contributed by atoms with van der Waals surface area (Å²) >= 11 is 0. The quantitative estimate of drug-likeness (QED) is 0.514. The van der Waals surface area contributed by atoms with Crippen molar-refractivity contribution in [2.75, 3.05) is 19.1 Å². The Bertz CT molecular complexity index is 1540. The minimum absolute atomic E-state index is 0.0203. The van der Waals surface area contributed by atoms with Crippen molar-refractivity contribution < 1.29 is 28.5 Å². The Balaban J connectivity index is 1.71. The zero-order valence-corrected chi connectivity index (χ0v) is 20.6. The predicted octanol–water partition coefficient (Wildman–Crippen LogP) is 4.27. The molecule has 9 nitrogen and oxygen atoms in total. The number of anilines is 1. The molecule has 38 heavy (non-hydrogen) atoms. The molecule has 0 saturated carbocycles. The van der Waals surface area contributed by atoms with Crippen LogP contribution < -0.4 is 20.1 Å². The topological polar surface area (TPSA) is 124 Å². The van der Waals surface area contributed by atoms with Gasteiger partial charge >= 0.3 is 11.9 Å². The summed E-state index contributed by atoms with van der Waals surface area (Å²) in [5.41, 5.74) is 8.11. The summed E-state index contributed by atoms with van der Waals surface area (Å²) in [4.78, 5) is 27.8. The van der Waals surface area contributed by atoms with Crippen LogP contribution in [0.25, 0.3) is 0 Å². The van der Waals surface area contributed by atoms with Crippen LogP contribution in [0.1, 0.15) is 17.0 Å². The summed E-state index contributed by atoms with van der Waals surface area (Å²) in [7, 11) is 2.41. The van der Waals surface area contributed by atoms with Crippen LogP contribution in [0.15, 0.2) is 95.5 Å². The minimum Gasteiger partial charge on any atom is -0.485 e. The number of hydrogen-bond acceptors (Lipinski definition) is 9. The number of allylic oxidation sites excluding steroid dienone is 1. The first kappa shape index (κ1) is 24.5. The fourth-order valence-corrected chi connectivity index (χ4v) is 4.63. The summed E-state index contributed by atoms with van der Waals surface area (Å²) in [6, 6.07) is 23.4. The number of para-hydroxylation sites is 2. The first-order valence-corrected chi connectivity index (χ1v) is 11.7. The number of fused-ring (bicyclic) bond motifs is 2. The Labute approximate surface area is 218 Å². The van der Waals surface area contributed by atoms with Crippen LogP contribution in [0.3, 0.4) is 0 Å². The molecule has 0 saturated heterocycles. The number of esters is 2.